The third kappa shape index (κ3) is 2.76. The Hall–Kier alpha value is -0.860. The number of nitrogens with one attached hydrogen (secondary N) is 1. The zero-order valence-electron chi connectivity index (χ0n) is 12.9. The van der Waals surface area contributed by atoms with Gasteiger partial charge in [0, 0.05) is 19.7 Å². The molecule has 0 bridgehead atoms. The summed E-state index contributed by atoms with van der Waals surface area (Å²) in [7, 11) is 0. The van der Waals surface area contributed by atoms with Crippen LogP contribution in [0.2, 0.25) is 0 Å². The molecule has 4 rings (SSSR count). The van der Waals surface area contributed by atoms with Gasteiger partial charge in [0.25, 0.3) is 0 Å². The highest BCUT2D eigenvalue weighted by molar-refractivity contribution is 5.32. The molecule has 3 aliphatic rings. The van der Waals surface area contributed by atoms with Crippen molar-refractivity contribution in [1.82, 2.24) is 5.32 Å². The second-order valence-corrected chi connectivity index (χ2v) is 7.36. The Balaban J connectivity index is 1.46. The Morgan fingerprint density at radius 1 is 1.19 bits per heavy atom. The van der Waals surface area contributed by atoms with Crippen LogP contribution in [0.25, 0.3) is 0 Å². The lowest BCUT2D eigenvalue weighted by Gasteiger charge is -2.40. The topological polar surface area (TPSA) is 21.3 Å². The van der Waals surface area contributed by atoms with E-state index in [0.717, 1.165) is 25.6 Å². The molecule has 0 aromatic heterocycles. The van der Waals surface area contributed by atoms with Gasteiger partial charge in [-0.2, -0.15) is 0 Å². The summed E-state index contributed by atoms with van der Waals surface area (Å²) < 4.78 is 6.20. The van der Waals surface area contributed by atoms with E-state index in [0.29, 0.717) is 5.92 Å². The molecule has 2 heteroatoms. The third-order valence-electron chi connectivity index (χ3n) is 5.93. The maximum Gasteiger partial charge on any atom is 0.0685 e. The van der Waals surface area contributed by atoms with Gasteiger partial charge in [-0.25, -0.2) is 0 Å². The highest BCUT2D eigenvalue weighted by Crippen LogP contribution is 2.44. The van der Waals surface area contributed by atoms with Crippen molar-refractivity contribution in [2.45, 2.75) is 63.0 Å². The van der Waals surface area contributed by atoms with Crippen LogP contribution in [-0.4, -0.2) is 18.8 Å². The van der Waals surface area contributed by atoms with Gasteiger partial charge in [0.1, 0.15) is 0 Å². The SMILES string of the molecule is c1ccc2c(c1)CNCC2CC1CCOC2(CCCC2)C1. The summed E-state index contributed by atoms with van der Waals surface area (Å²) in [6, 6.07) is 9.02. The van der Waals surface area contributed by atoms with Crippen LogP contribution in [0.1, 0.15) is 62.0 Å². The molecule has 0 amide bonds. The quantitative estimate of drug-likeness (QED) is 0.886. The van der Waals surface area contributed by atoms with Gasteiger partial charge in [0.15, 0.2) is 0 Å². The fourth-order valence-corrected chi connectivity index (χ4v) is 4.90. The Labute approximate surface area is 128 Å². The monoisotopic (exact) mass is 285 g/mol. The summed E-state index contributed by atoms with van der Waals surface area (Å²) >= 11 is 0. The van der Waals surface area contributed by atoms with Gasteiger partial charge in [-0.1, -0.05) is 37.1 Å². The molecule has 1 spiro atoms. The standard InChI is InChI=1S/C19H27NO/c1-2-6-18-16(5-1)13-20-14-17(18)11-15-7-10-21-19(12-15)8-3-4-9-19/h1-2,5-6,15,17,20H,3-4,7-14H2. The van der Waals surface area contributed by atoms with Gasteiger partial charge in [0.2, 0.25) is 0 Å². The van der Waals surface area contributed by atoms with Gasteiger partial charge >= 0.3 is 0 Å². The molecule has 114 valence electrons. The van der Waals surface area contributed by atoms with Gasteiger partial charge in [-0.05, 0) is 55.1 Å². The summed E-state index contributed by atoms with van der Waals surface area (Å²) in [6.45, 7) is 3.19. The average molecular weight is 285 g/mol. The van der Waals surface area contributed by atoms with Crippen molar-refractivity contribution < 1.29 is 4.74 Å². The van der Waals surface area contributed by atoms with E-state index in [1.54, 1.807) is 5.56 Å². The van der Waals surface area contributed by atoms with E-state index < -0.39 is 0 Å². The number of hydrogen-bond donors (Lipinski definition) is 1. The van der Waals surface area contributed by atoms with Crippen molar-refractivity contribution in [3.8, 4) is 0 Å². The molecule has 1 saturated carbocycles. The summed E-state index contributed by atoms with van der Waals surface area (Å²) in [5.74, 6) is 1.56. The molecule has 2 heterocycles. The maximum absolute atomic E-state index is 6.20. The fraction of sp³-hybridized carbons (Fsp3) is 0.684. The molecule has 2 aliphatic heterocycles. The molecule has 2 unspecified atom stereocenters. The first-order valence-corrected chi connectivity index (χ1v) is 8.77. The van der Waals surface area contributed by atoms with Crippen molar-refractivity contribution in [2.75, 3.05) is 13.2 Å². The van der Waals surface area contributed by atoms with E-state index in [-0.39, 0.29) is 5.60 Å². The van der Waals surface area contributed by atoms with Crippen LogP contribution >= 0.6 is 0 Å². The van der Waals surface area contributed by atoms with E-state index in [4.69, 9.17) is 4.74 Å². The van der Waals surface area contributed by atoms with Crippen molar-refractivity contribution >= 4 is 0 Å². The summed E-state index contributed by atoms with van der Waals surface area (Å²) in [5, 5.41) is 3.61. The van der Waals surface area contributed by atoms with Gasteiger partial charge in [-0.15, -0.1) is 0 Å². The molecule has 1 aliphatic carbocycles. The summed E-state index contributed by atoms with van der Waals surface area (Å²) in [6.07, 6.45) is 9.29. The first-order valence-electron chi connectivity index (χ1n) is 8.77. The zero-order chi connectivity index (χ0) is 14.1. The molecular weight excluding hydrogens is 258 g/mol. The fourth-order valence-electron chi connectivity index (χ4n) is 4.90. The Bertz CT molecular complexity index is 492. The highest BCUT2D eigenvalue weighted by atomic mass is 16.5. The van der Waals surface area contributed by atoms with Crippen LogP contribution in [0.4, 0.5) is 0 Å². The van der Waals surface area contributed by atoms with Crippen molar-refractivity contribution in [2.24, 2.45) is 5.92 Å². The largest absolute Gasteiger partial charge is 0.375 e. The Kier molecular flexibility index (Phi) is 3.76. The maximum atomic E-state index is 6.20. The zero-order valence-corrected chi connectivity index (χ0v) is 12.9. The molecule has 2 nitrogen and oxygen atoms in total. The number of fused-ring (bicyclic) bond motifs is 1. The van der Waals surface area contributed by atoms with Crippen LogP contribution < -0.4 is 5.32 Å². The predicted octanol–water partition coefficient (Wildman–Crippen LogP) is 4.00. The van der Waals surface area contributed by atoms with E-state index in [1.807, 2.05) is 0 Å². The van der Waals surface area contributed by atoms with E-state index in [2.05, 4.69) is 29.6 Å². The molecule has 21 heavy (non-hydrogen) atoms. The Morgan fingerprint density at radius 3 is 2.95 bits per heavy atom. The number of rotatable bonds is 2. The highest BCUT2D eigenvalue weighted by Gasteiger charge is 2.40. The predicted molar refractivity (Wildman–Crippen MR) is 85.4 cm³/mol. The minimum Gasteiger partial charge on any atom is -0.375 e. The number of ether oxygens (including phenoxy) is 1. The first-order chi connectivity index (χ1) is 10.3. The van der Waals surface area contributed by atoms with Gasteiger partial charge < -0.3 is 10.1 Å². The van der Waals surface area contributed by atoms with Crippen LogP contribution in [0, 0.1) is 5.92 Å². The molecule has 2 fully saturated rings. The van der Waals surface area contributed by atoms with E-state index in [1.165, 1.54) is 50.5 Å². The average Bonchev–Trinajstić information content (AvgIpc) is 2.95. The summed E-state index contributed by atoms with van der Waals surface area (Å²) in [5.41, 5.74) is 3.38. The van der Waals surface area contributed by atoms with Crippen LogP contribution in [0.15, 0.2) is 24.3 Å². The molecule has 1 aromatic carbocycles. The number of hydrogen-bond acceptors (Lipinski definition) is 2. The van der Waals surface area contributed by atoms with Crippen LogP contribution in [-0.2, 0) is 11.3 Å². The van der Waals surface area contributed by atoms with Crippen LogP contribution in [0.5, 0.6) is 0 Å². The van der Waals surface area contributed by atoms with E-state index >= 15 is 0 Å². The molecular formula is C19H27NO. The third-order valence-corrected chi connectivity index (χ3v) is 5.93. The molecule has 2 atom stereocenters. The second-order valence-electron chi connectivity index (χ2n) is 7.36. The van der Waals surface area contributed by atoms with E-state index in [9.17, 15) is 0 Å². The van der Waals surface area contributed by atoms with Gasteiger partial charge in [-0.3, -0.25) is 0 Å². The minimum atomic E-state index is 0.268. The molecule has 1 saturated heterocycles. The Morgan fingerprint density at radius 2 is 2.05 bits per heavy atom. The lowest BCUT2D eigenvalue weighted by Crippen LogP contribution is -2.38. The lowest BCUT2D eigenvalue weighted by atomic mass is 9.77. The van der Waals surface area contributed by atoms with Crippen molar-refractivity contribution in [3.05, 3.63) is 35.4 Å². The first kappa shape index (κ1) is 13.8. The normalized spacial score (nSPS) is 31.2. The molecule has 1 aromatic rings. The van der Waals surface area contributed by atoms with Crippen molar-refractivity contribution in [1.29, 1.82) is 0 Å². The lowest BCUT2D eigenvalue weighted by molar-refractivity contribution is -0.0945. The number of benzene rings is 1. The van der Waals surface area contributed by atoms with Gasteiger partial charge in [0.05, 0.1) is 5.60 Å². The minimum absolute atomic E-state index is 0.268. The second kappa shape index (κ2) is 5.73. The van der Waals surface area contributed by atoms with Crippen molar-refractivity contribution in [3.63, 3.8) is 0 Å². The summed E-state index contributed by atoms with van der Waals surface area (Å²) in [4.78, 5) is 0. The molecule has 1 N–H and O–H groups in total. The molecule has 0 radical (unpaired) electrons. The smallest absolute Gasteiger partial charge is 0.0685 e. The van der Waals surface area contributed by atoms with Crippen LogP contribution in [0.3, 0.4) is 0 Å².